The number of aryl methyl sites for hydroxylation is 1. The molecule has 0 aliphatic carbocycles. The molecule has 0 atom stereocenters. The maximum Gasteiger partial charge on any atom is 0.195 e. The van der Waals surface area contributed by atoms with Crippen molar-refractivity contribution in [3.8, 4) is 11.5 Å². The van der Waals surface area contributed by atoms with Gasteiger partial charge >= 0.3 is 0 Å². The van der Waals surface area contributed by atoms with Gasteiger partial charge in [-0.3, -0.25) is 4.79 Å². The molecule has 37 heavy (non-hydrogen) atoms. The van der Waals surface area contributed by atoms with Gasteiger partial charge in [-0.1, -0.05) is 75.4 Å². The number of thiophene rings is 1. The highest BCUT2D eigenvalue weighted by Gasteiger charge is 2.19. The van der Waals surface area contributed by atoms with Gasteiger partial charge in [0.25, 0.3) is 0 Å². The van der Waals surface area contributed by atoms with Crippen molar-refractivity contribution in [2.24, 2.45) is 0 Å². The largest absolute Gasteiger partial charge is 0.496 e. The van der Waals surface area contributed by atoms with Crippen molar-refractivity contribution in [2.45, 2.75) is 46.1 Å². The number of benzene rings is 3. The van der Waals surface area contributed by atoms with Gasteiger partial charge in [0, 0.05) is 16.9 Å². The number of carbonyl (C=O) groups excluding carboxylic acids is 1. The van der Waals surface area contributed by atoms with E-state index in [-0.39, 0.29) is 11.2 Å². The van der Waals surface area contributed by atoms with Gasteiger partial charge in [-0.15, -0.1) is 11.3 Å². The standard InChI is InChI=1S/C33H34O3S/c1-23-11-15-28(33(2,3)4)31(19-23)36-22-26-20-25(13-17-30(26)35-5)12-16-29(34)32-18-14-27(37-32)21-24-9-7-6-8-10-24/h6-20H,21-22H2,1-5H3/b16-12+. The molecule has 0 saturated heterocycles. The molecule has 4 aromatic rings. The van der Waals surface area contributed by atoms with E-state index in [4.69, 9.17) is 9.47 Å². The van der Waals surface area contributed by atoms with Gasteiger partial charge in [0.1, 0.15) is 18.1 Å². The van der Waals surface area contributed by atoms with Crippen LogP contribution in [0.1, 0.15) is 63.1 Å². The highest BCUT2D eigenvalue weighted by Crippen LogP contribution is 2.33. The second kappa shape index (κ2) is 11.6. The Balaban J connectivity index is 1.47. The predicted octanol–water partition coefficient (Wildman–Crippen LogP) is 8.43. The Hall–Kier alpha value is -3.63. The Morgan fingerprint density at radius 1 is 0.919 bits per heavy atom. The van der Waals surface area contributed by atoms with E-state index in [1.165, 1.54) is 16.0 Å². The minimum Gasteiger partial charge on any atom is -0.496 e. The van der Waals surface area contributed by atoms with Gasteiger partial charge in [-0.25, -0.2) is 0 Å². The van der Waals surface area contributed by atoms with Gasteiger partial charge in [0.15, 0.2) is 5.78 Å². The molecule has 1 aromatic heterocycles. The molecular weight excluding hydrogens is 476 g/mol. The molecule has 0 spiro atoms. The first-order valence-electron chi connectivity index (χ1n) is 12.5. The maximum absolute atomic E-state index is 12.8. The van der Waals surface area contributed by atoms with Crippen LogP contribution in [0, 0.1) is 6.92 Å². The number of allylic oxidation sites excluding steroid dienone is 1. The van der Waals surface area contributed by atoms with Crippen molar-refractivity contribution in [3.05, 3.63) is 123 Å². The Bertz CT molecular complexity index is 1390. The van der Waals surface area contributed by atoms with E-state index < -0.39 is 0 Å². The maximum atomic E-state index is 12.8. The Morgan fingerprint density at radius 2 is 1.70 bits per heavy atom. The molecule has 0 N–H and O–H groups in total. The molecule has 0 bridgehead atoms. The van der Waals surface area contributed by atoms with Crippen LogP contribution in [0.2, 0.25) is 0 Å². The van der Waals surface area contributed by atoms with E-state index in [0.29, 0.717) is 6.61 Å². The van der Waals surface area contributed by atoms with E-state index in [1.54, 1.807) is 24.5 Å². The third kappa shape index (κ3) is 6.99. The van der Waals surface area contributed by atoms with E-state index in [1.807, 2.05) is 54.6 Å². The summed E-state index contributed by atoms with van der Waals surface area (Å²) in [6.07, 6.45) is 4.33. The molecule has 0 radical (unpaired) electrons. The van der Waals surface area contributed by atoms with Crippen LogP contribution < -0.4 is 9.47 Å². The summed E-state index contributed by atoms with van der Waals surface area (Å²) in [5.74, 6) is 1.65. The zero-order valence-corrected chi connectivity index (χ0v) is 23.0. The second-order valence-electron chi connectivity index (χ2n) is 10.2. The fourth-order valence-electron chi connectivity index (χ4n) is 4.20. The minimum absolute atomic E-state index is 0.00695. The number of methoxy groups -OCH3 is 1. The molecule has 0 aliphatic rings. The lowest BCUT2D eigenvalue weighted by atomic mass is 9.86. The van der Waals surface area contributed by atoms with E-state index >= 15 is 0 Å². The number of rotatable bonds is 9. The van der Waals surface area contributed by atoms with E-state index in [2.05, 4.69) is 58.0 Å². The number of carbonyl (C=O) groups is 1. The molecule has 0 fully saturated rings. The van der Waals surface area contributed by atoms with Crippen LogP contribution >= 0.6 is 11.3 Å². The Morgan fingerprint density at radius 3 is 2.43 bits per heavy atom. The van der Waals surface area contributed by atoms with E-state index in [9.17, 15) is 4.79 Å². The average molecular weight is 511 g/mol. The number of hydrogen-bond acceptors (Lipinski definition) is 4. The third-order valence-corrected chi connectivity index (χ3v) is 7.29. The second-order valence-corrected chi connectivity index (χ2v) is 11.4. The van der Waals surface area contributed by atoms with Gasteiger partial charge < -0.3 is 9.47 Å². The van der Waals surface area contributed by atoms with E-state index in [0.717, 1.165) is 39.5 Å². The molecule has 3 nitrogen and oxygen atoms in total. The monoisotopic (exact) mass is 510 g/mol. The molecule has 4 heteroatoms. The molecule has 0 saturated carbocycles. The molecule has 190 valence electrons. The summed E-state index contributed by atoms with van der Waals surface area (Å²) in [6, 6.07) is 26.5. The Kier molecular flexibility index (Phi) is 8.30. The lowest BCUT2D eigenvalue weighted by Gasteiger charge is -2.23. The van der Waals surface area contributed by atoms with Crippen molar-refractivity contribution in [1.29, 1.82) is 0 Å². The zero-order valence-electron chi connectivity index (χ0n) is 22.2. The number of ether oxygens (including phenoxy) is 2. The highest BCUT2D eigenvalue weighted by molar-refractivity contribution is 7.14. The van der Waals surface area contributed by atoms with Crippen molar-refractivity contribution in [1.82, 2.24) is 0 Å². The normalized spacial score (nSPS) is 11.6. The fraction of sp³-hybridized carbons (Fsp3) is 0.242. The molecule has 4 rings (SSSR count). The summed E-state index contributed by atoms with van der Waals surface area (Å²) in [5, 5.41) is 0. The van der Waals surface area contributed by atoms with Crippen LogP contribution in [0.4, 0.5) is 0 Å². The topological polar surface area (TPSA) is 35.5 Å². The van der Waals surface area contributed by atoms with Gasteiger partial charge in [0.05, 0.1) is 12.0 Å². The van der Waals surface area contributed by atoms with Crippen molar-refractivity contribution >= 4 is 23.2 Å². The van der Waals surface area contributed by atoms with Crippen LogP contribution in [0.15, 0.2) is 84.9 Å². The summed E-state index contributed by atoms with van der Waals surface area (Å²) in [5.41, 5.74) is 5.40. The van der Waals surface area contributed by atoms with Gasteiger partial charge in [-0.05, 0) is 71.0 Å². The highest BCUT2D eigenvalue weighted by atomic mass is 32.1. The van der Waals surface area contributed by atoms with Gasteiger partial charge in [0.2, 0.25) is 0 Å². The molecular formula is C33H34O3S. The van der Waals surface area contributed by atoms with Gasteiger partial charge in [-0.2, -0.15) is 0 Å². The Labute approximate surface area is 224 Å². The fourth-order valence-corrected chi connectivity index (χ4v) is 5.16. The average Bonchev–Trinajstić information content (AvgIpc) is 3.34. The van der Waals surface area contributed by atoms with Crippen molar-refractivity contribution in [3.63, 3.8) is 0 Å². The molecule has 0 unspecified atom stereocenters. The lowest BCUT2D eigenvalue weighted by molar-refractivity contribution is 0.105. The lowest BCUT2D eigenvalue weighted by Crippen LogP contribution is -2.13. The quantitative estimate of drug-likeness (QED) is 0.167. The molecule has 1 heterocycles. The molecule has 0 aliphatic heterocycles. The first-order chi connectivity index (χ1) is 17.7. The first-order valence-corrected chi connectivity index (χ1v) is 13.3. The summed E-state index contributed by atoms with van der Waals surface area (Å²) < 4.78 is 11.9. The minimum atomic E-state index is -0.0270. The summed E-state index contributed by atoms with van der Waals surface area (Å²) >= 11 is 1.55. The third-order valence-electron chi connectivity index (χ3n) is 6.19. The first kappa shape index (κ1) is 26.4. The predicted molar refractivity (Wildman–Crippen MR) is 154 cm³/mol. The number of ketones is 1. The van der Waals surface area contributed by atoms with Crippen molar-refractivity contribution < 1.29 is 14.3 Å². The number of hydrogen-bond donors (Lipinski definition) is 0. The molecule has 0 amide bonds. The van der Waals surface area contributed by atoms with Crippen LogP contribution in [0.5, 0.6) is 11.5 Å². The SMILES string of the molecule is COc1ccc(/C=C/C(=O)c2ccc(Cc3ccccc3)s2)cc1COc1cc(C)ccc1C(C)(C)C. The van der Waals surface area contributed by atoms with Crippen LogP contribution in [0.3, 0.4) is 0 Å². The molecule has 3 aromatic carbocycles. The van der Waals surface area contributed by atoms with Crippen LogP contribution in [-0.2, 0) is 18.4 Å². The summed E-state index contributed by atoms with van der Waals surface area (Å²) in [6.45, 7) is 9.00. The summed E-state index contributed by atoms with van der Waals surface area (Å²) in [4.78, 5) is 14.8. The van der Waals surface area contributed by atoms with Crippen LogP contribution in [0.25, 0.3) is 6.08 Å². The smallest absolute Gasteiger partial charge is 0.195 e. The van der Waals surface area contributed by atoms with Crippen molar-refractivity contribution in [2.75, 3.05) is 7.11 Å². The van der Waals surface area contributed by atoms with Crippen LogP contribution in [-0.4, -0.2) is 12.9 Å². The summed E-state index contributed by atoms with van der Waals surface area (Å²) in [7, 11) is 1.66. The zero-order chi connectivity index (χ0) is 26.4.